The van der Waals surface area contributed by atoms with Crippen molar-refractivity contribution in [3.63, 3.8) is 0 Å². The first-order valence-electron chi connectivity index (χ1n) is 5.74. The van der Waals surface area contributed by atoms with Crippen molar-refractivity contribution in [2.75, 3.05) is 11.2 Å². The van der Waals surface area contributed by atoms with Crippen LogP contribution >= 0.6 is 46.1 Å². The molecule has 0 aliphatic rings. The number of thiazole rings is 1. The normalized spacial score (nSPS) is 11.0. The fourth-order valence-electron chi connectivity index (χ4n) is 1.77. The molecule has 1 N–H and O–H groups in total. The van der Waals surface area contributed by atoms with Crippen LogP contribution in [0.25, 0.3) is 16.2 Å². The first kappa shape index (κ1) is 14.6. The number of nitrogens with one attached hydrogen (secondary N) is 1. The quantitative estimate of drug-likeness (QED) is 0.719. The lowest BCUT2D eigenvalue weighted by atomic mass is 10.2. The van der Waals surface area contributed by atoms with Gasteiger partial charge in [0.05, 0.1) is 10.7 Å². The molecule has 9 heteroatoms. The first-order chi connectivity index (χ1) is 10.1. The number of carbonyl (C=O) groups is 1. The molecule has 0 radical (unpaired) electrons. The Kier molecular flexibility index (Phi) is 4.03. The average Bonchev–Trinajstić information content (AvgIpc) is 3.01. The zero-order valence-electron chi connectivity index (χ0n) is 10.3. The van der Waals surface area contributed by atoms with E-state index in [0.29, 0.717) is 15.0 Å². The van der Waals surface area contributed by atoms with E-state index in [0.717, 1.165) is 11.3 Å². The number of amides is 1. The van der Waals surface area contributed by atoms with E-state index in [1.807, 2.05) is 5.38 Å². The first-order valence-corrected chi connectivity index (χ1v) is 7.91. The fraction of sp³-hybridized carbons (Fsp3) is 0.0833. The number of aromatic nitrogens is 3. The van der Waals surface area contributed by atoms with Crippen LogP contribution in [0.5, 0.6) is 0 Å². The van der Waals surface area contributed by atoms with Crippen LogP contribution in [0, 0.1) is 0 Å². The Bertz CT molecular complexity index is 829. The number of nitrogens with zero attached hydrogens (tertiary/aromatic N) is 3. The van der Waals surface area contributed by atoms with Gasteiger partial charge in [0.15, 0.2) is 0 Å². The van der Waals surface area contributed by atoms with E-state index in [1.165, 1.54) is 11.3 Å². The van der Waals surface area contributed by atoms with Crippen molar-refractivity contribution in [1.82, 2.24) is 14.6 Å². The van der Waals surface area contributed by atoms with E-state index in [2.05, 4.69) is 15.4 Å². The Morgan fingerprint density at radius 1 is 1.38 bits per heavy atom. The molecule has 0 spiro atoms. The second-order valence-electron chi connectivity index (χ2n) is 4.06. The van der Waals surface area contributed by atoms with Gasteiger partial charge in [0.1, 0.15) is 5.88 Å². The molecular formula is C12H7Cl3N4OS. The monoisotopic (exact) mass is 360 g/mol. The maximum absolute atomic E-state index is 11.3. The number of hydrogen-bond acceptors (Lipinski definition) is 4. The van der Waals surface area contributed by atoms with Crippen molar-refractivity contribution in [1.29, 1.82) is 0 Å². The number of rotatable bonds is 3. The third-order valence-electron chi connectivity index (χ3n) is 2.66. The molecule has 1 amide bonds. The van der Waals surface area contributed by atoms with Crippen LogP contribution in [0.2, 0.25) is 10.0 Å². The zero-order valence-corrected chi connectivity index (χ0v) is 13.4. The summed E-state index contributed by atoms with van der Waals surface area (Å²) in [5.74, 6) is -0.316. The lowest BCUT2D eigenvalue weighted by molar-refractivity contribution is -0.114. The summed E-state index contributed by atoms with van der Waals surface area (Å²) in [4.78, 5) is 16.1. The SMILES string of the molecule is O=C(CCl)Nc1nc2scc(-c3cc(Cl)ccc3Cl)n2n1. The highest BCUT2D eigenvalue weighted by Gasteiger charge is 2.15. The molecule has 0 unspecified atom stereocenters. The highest BCUT2D eigenvalue weighted by Crippen LogP contribution is 2.33. The van der Waals surface area contributed by atoms with Gasteiger partial charge in [0, 0.05) is 16.0 Å². The third-order valence-corrected chi connectivity index (χ3v) is 4.28. The fourth-order valence-corrected chi connectivity index (χ4v) is 3.05. The van der Waals surface area contributed by atoms with Crippen molar-refractivity contribution < 1.29 is 4.79 Å². The summed E-state index contributed by atoms with van der Waals surface area (Å²) in [6.45, 7) is 0. The van der Waals surface area contributed by atoms with Gasteiger partial charge in [-0.3, -0.25) is 10.1 Å². The Labute approximate surface area is 138 Å². The van der Waals surface area contributed by atoms with Crippen LogP contribution in [0.15, 0.2) is 23.6 Å². The molecule has 0 aliphatic heterocycles. The van der Waals surface area contributed by atoms with Gasteiger partial charge in [0.25, 0.3) is 0 Å². The summed E-state index contributed by atoms with van der Waals surface area (Å²) < 4.78 is 1.60. The summed E-state index contributed by atoms with van der Waals surface area (Å²) >= 11 is 19.0. The number of halogens is 3. The lowest BCUT2D eigenvalue weighted by Gasteiger charge is -2.02. The smallest absolute Gasteiger partial charge is 0.250 e. The zero-order chi connectivity index (χ0) is 15.0. The average molecular weight is 362 g/mol. The minimum atomic E-state index is -0.364. The van der Waals surface area contributed by atoms with Crippen LogP contribution in [0.1, 0.15) is 0 Å². The van der Waals surface area contributed by atoms with Gasteiger partial charge in [-0.2, -0.15) is 4.98 Å². The Morgan fingerprint density at radius 3 is 2.95 bits per heavy atom. The summed E-state index contributed by atoms with van der Waals surface area (Å²) in [6.07, 6.45) is 0. The Balaban J connectivity index is 2.07. The van der Waals surface area contributed by atoms with E-state index >= 15 is 0 Å². The Hall–Kier alpha value is -1.34. The standard InChI is InChI=1S/C12H7Cl3N4OS/c13-4-10(20)16-11-17-12-19(18-11)9(5-21-12)7-3-6(14)1-2-8(7)15/h1-3,5H,4H2,(H,16,18,20). The molecule has 2 heterocycles. The molecule has 5 nitrogen and oxygen atoms in total. The highest BCUT2D eigenvalue weighted by molar-refractivity contribution is 7.15. The molecule has 0 atom stereocenters. The van der Waals surface area contributed by atoms with Crippen LogP contribution in [0.3, 0.4) is 0 Å². The summed E-state index contributed by atoms with van der Waals surface area (Å²) in [6, 6.07) is 5.18. The maximum atomic E-state index is 11.3. The third kappa shape index (κ3) is 2.85. The summed E-state index contributed by atoms with van der Waals surface area (Å²) in [7, 11) is 0. The largest absolute Gasteiger partial charge is 0.292 e. The number of carbonyl (C=O) groups excluding carboxylic acids is 1. The van der Waals surface area contributed by atoms with Crippen LogP contribution in [0.4, 0.5) is 5.95 Å². The number of benzene rings is 1. The molecular weight excluding hydrogens is 355 g/mol. The van der Waals surface area contributed by atoms with Crippen LogP contribution in [-0.4, -0.2) is 26.4 Å². The van der Waals surface area contributed by atoms with Crippen molar-refractivity contribution in [2.24, 2.45) is 0 Å². The van der Waals surface area contributed by atoms with Crippen molar-refractivity contribution >= 4 is 63.0 Å². The van der Waals surface area contributed by atoms with Gasteiger partial charge in [-0.05, 0) is 18.2 Å². The predicted octanol–water partition coefficient (Wildman–Crippen LogP) is 3.94. The second kappa shape index (κ2) is 5.81. The van der Waals surface area contributed by atoms with Crippen LogP contribution < -0.4 is 5.32 Å². The molecule has 0 fully saturated rings. The predicted molar refractivity (Wildman–Crippen MR) is 85.7 cm³/mol. The van der Waals surface area contributed by atoms with Gasteiger partial charge < -0.3 is 0 Å². The number of fused-ring (bicyclic) bond motifs is 1. The number of alkyl halides is 1. The van der Waals surface area contributed by atoms with E-state index in [-0.39, 0.29) is 17.7 Å². The summed E-state index contributed by atoms with van der Waals surface area (Å²) in [5.41, 5.74) is 1.50. The Morgan fingerprint density at radius 2 is 2.19 bits per heavy atom. The van der Waals surface area contributed by atoms with Gasteiger partial charge in [-0.15, -0.1) is 28.0 Å². The minimum absolute atomic E-state index is 0.153. The molecule has 0 aliphatic carbocycles. The molecule has 21 heavy (non-hydrogen) atoms. The van der Waals surface area contributed by atoms with Gasteiger partial charge in [0.2, 0.25) is 16.8 Å². The number of anilines is 1. The van der Waals surface area contributed by atoms with Gasteiger partial charge >= 0.3 is 0 Å². The molecule has 2 aromatic heterocycles. The molecule has 0 bridgehead atoms. The van der Waals surface area contributed by atoms with E-state index in [4.69, 9.17) is 34.8 Å². The van der Waals surface area contributed by atoms with Gasteiger partial charge in [-0.1, -0.05) is 23.2 Å². The number of hydrogen-bond donors (Lipinski definition) is 1. The van der Waals surface area contributed by atoms with Crippen molar-refractivity contribution in [2.45, 2.75) is 0 Å². The molecule has 108 valence electrons. The summed E-state index contributed by atoms with van der Waals surface area (Å²) in [5, 5.41) is 9.74. The van der Waals surface area contributed by atoms with E-state index < -0.39 is 0 Å². The van der Waals surface area contributed by atoms with Gasteiger partial charge in [-0.25, -0.2) is 4.52 Å². The van der Waals surface area contributed by atoms with Crippen molar-refractivity contribution in [3.05, 3.63) is 33.6 Å². The molecule has 0 saturated heterocycles. The molecule has 1 aromatic carbocycles. The van der Waals surface area contributed by atoms with Crippen LogP contribution in [-0.2, 0) is 4.79 Å². The topological polar surface area (TPSA) is 59.3 Å². The highest BCUT2D eigenvalue weighted by atomic mass is 35.5. The molecule has 3 rings (SSSR count). The lowest BCUT2D eigenvalue weighted by Crippen LogP contribution is -2.13. The molecule has 0 saturated carbocycles. The maximum Gasteiger partial charge on any atom is 0.250 e. The van der Waals surface area contributed by atoms with Crippen molar-refractivity contribution in [3.8, 4) is 11.3 Å². The minimum Gasteiger partial charge on any atom is -0.292 e. The second-order valence-corrected chi connectivity index (χ2v) is 6.00. The van der Waals surface area contributed by atoms with E-state index in [9.17, 15) is 4.79 Å². The molecule has 3 aromatic rings. The van der Waals surface area contributed by atoms with E-state index in [1.54, 1.807) is 22.7 Å².